The molecule has 1 aliphatic heterocycles. The highest BCUT2D eigenvalue weighted by atomic mass is 32.2. The summed E-state index contributed by atoms with van der Waals surface area (Å²) in [6.07, 6.45) is 1.49. The van der Waals surface area contributed by atoms with Crippen molar-refractivity contribution in [1.29, 1.82) is 0 Å². The lowest BCUT2D eigenvalue weighted by Gasteiger charge is -2.23. The third-order valence-corrected chi connectivity index (χ3v) is 5.80. The zero-order valence-electron chi connectivity index (χ0n) is 9.55. The maximum Gasteiger partial charge on any atom is 0.345 e. The number of carboxylic acid groups (broad SMARTS) is 1. The maximum atomic E-state index is 12.0. The van der Waals surface area contributed by atoms with Gasteiger partial charge in [-0.2, -0.15) is 0 Å². The lowest BCUT2D eigenvalue weighted by molar-refractivity contribution is 0.0702. The largest absolute Gasteiger partial charge is 0.477 e. The molecule has 0 unspecified atom stereocenters. The first kappa shape index (κ1) is 13.5. The van der Waals surface area contributed by atoms with Crippen LogP contribution in [0.5, 0.6) is 0 Å². The molecule has 0 radical (unpaired) electrons. The summed E-state index contributed by atoms with van der Waals surface area (Å²) in [5, 5.41) is 11.9. The molecular weight excluding hydrogens is 276 g/mol. The number of thiophene rings is 1. The topological polar surface area (TPSA) is 95.5 Å². The quantitative estimate of drug-likeness (QED) is 0.749. The molecular formula is C10H14N2O4S2. The zero-order valence-corrected chi connectivity index (χ0v) is 11.2. The van der Waals surface area contributed by atoms with Crippen LogP contribution in [0.25, 0.3) is 0 Å². The van der Waals surface area contributed by atoms with E-state index in [-0.39, 0.29) is 15.1 Å². The Balaban J connectivity index is 2.11. The van der Waals surface area contributed by atoms with Crippen LogP contribution in [0.15, 0.2) is 16.3 Å². The van der Waals surface area contributed by atoms with E-state index in [1.807, 2.05) is 0 Å². The molecule has 0 bridgehead atoms. The zero-order chi connectivity index (χ0) is 13.2. The molecule has 2 rings (SSSR count). The molecule has 1 fully saturated rings. The van der Waals surface area contributed by atoms with Crippen LogP contribution < -0.4 is 10.0 Å². The second-order valence-corrected chi connectivity index (χ2v) is 7.09. The molecule has 2 heterocycles. The summed E-state index contributed by atoms with van der Waals surface area (Å²) in [6, 6.07) is 2.56. The lowest BCUT2D eigenvalue weighted by atomic mass is 10.1. The van der Waals surface area contributed by atoms with Gasteiger partial charge in [-0.3, -0.25) is 0 Å². The Morgan fingerprint density at radius 3 is 2.61 bits per heavy atom. The Morgan fingerprint density at radius 2 is 2.06 bits per heavy atom. The Labute approximate surface area is 109 Å². The number of piperidine rings is 1. The van der Waals surface area contributed by atoms with E-state index in [1.54, 1.807) is 0 Å². The summed E-state index contributed by atoms with van der Waals surface area (Å²) < 4.78 is 26.7. The van der Waals surface area contributed by atoms with Crippen molar-refractivity contribution >= 4 is 27.3 Å². The molecule has 1 saturated heterocycles. The predicted molar refractivity (Wildman–Crippen MR) is 67.5 cm³/mol. The molecule has 18 heavy (non-hydrogen) atoms. The van der Waals surface area contributed by atoms with Gasteiger partial charge in [0.2, 0.25) is 10.0 Å². The van der Waals surface area contributed by atoms with Gasteiger partial charge in [-0.1, -0.05) is 0 Å². The Bertz CT molecular complexity index is 532. The van der Waals surface area contributed by atoms with Crippen molar-refractivity contribution in [2.24, 2.45) is 0 Å². The molecule has 1 aliphatic rings. The number of carbonyl (C=O) groups is 1. The van der Waals surface area contributed by atoms with E-state index in [1.165, 1.54) is 12.1 Å². The predicted octanol–water partition coefficient (Wildman–Crippen LogP) is 0.477. The van der Waals surface area contributed by atoms with Gasteiger partial charge in [0, 0.05) is 6.04 Å². The van der Waals surface area contributed by atoms with Gasteiger partial charge in [-0.15, -0.1) is 11.3 Å². The highest BCUT2D eigenvalue weighted by Crippen LogP contribution is 2.22. The molecule has 0 amide bonds. The number of rotatable bonds is 4. The van der Waals surface area contributed by atoms with Crippen LogP contribution in [-0.4, -0.2) is 38.6 Å². The number of nitrogens with one attached hydrogen (secondary N) is 2. The molecule has 1 aromatic heterocycles. The van der Waals surface area contributed by atoms with E-state index in [2.05, 4.69) is 10.0 Å². The summed E-state index contributed by atoms with van der Waals surface area (Å²) in [5.74, 6) is -1.11. The van der Waals surface area contributed by atoms with Crippen molar-refractivity contribution in [3.05, 3.63) is 17.0 Å². The smallest absolute Gasteiger partial charge is 0.345 e. The summed E-state index contributed by atoms with van der Waals surface area (Å²) >= 11 is 0.771. The SMILES string of the molecule is O=C(O)c1ccc(S(=O)(=O)NC2CCNCC2)s1. The highest BCUT2D eigenvalue weighted by molar-refractivity contribution is 7.91. The van der Waals surface area contributed by atoms with Crippen molar-refractivity contribution in [2.75, 3.05) is 13.1 Å². The van der Waals surface area contributed by atoms with Gasteiger partial charge >= 0.3 is 5.97 Å². The van der Waals surface area contributed by atoms with Crippen molar-refractivity contribution in [1.82, 2.24) is 10.0 Å². The third kappa shape index (κ3) is 3.08. The number of sulfonamides is 1. The second-order valence-electron chi connectivity index (χ2n) is 4.07. The minimum absolute atomic E-state index is 0.0284. The summed E-state index contributed by atoms with van der Waals surface area (Å²) in [6.45, 7) is 1.58. The van der Waals surface area contributed by atoms with E-state index in [9.17, 15) is 13.2 Å². The van der Waals surface area contributed by atoms with Crippen LogP contribution in [-0.2, 0) is 10.0 Å². The number of hydrogen-bond acceptors (Lipinski definition) is 5. The van der Waals surface area contributed by atoms with Gasteiger partial charge < -0.3 is 10.4 Å². The summed E-state index contributed by atoms with van der Waals surface area (Å²) in [7, 11) is -3.60. The molecule has 0 atom stereocenters. The standard InChI is InChI=1S/C10H14N2O4S2/c13-10(14)8-1-2-9(17-8)18(15,16)12-7-3-5-11-6-4-7/h1-2,7,11-12H,3-6H2,(H,13,14). The summed E-state index contributed by atoms with van der Waals surface area (Å²) in [4.78, 5) is 10.7. The maximum absolute atomic E-state index is 12.0. The number of carboxylic acids is 1. The van der Waals surface area contributed by atoms with Gasteiger partial charge in [-0.25, -0.2) is 17.9 Å². The first-order chi connectivity index (χ1) is 8.49. The van der Waals surface area contributed by atoms with Crippen LogP contribution in [0.3, 0.4) is 0 Å². The van der Waals surface area contributed by atoms with E-state index < -0.39 is 16.0 Å². The lowest BCUT2D eigenvalue weighted by Crippen LogP contribution is -2.42. The molecule has 0 aliphatic carbocycles. The molecule has 0 saturated carbocycles. The fourth-order valence-electron chi connectivity index (χ4n) is 1.80. The van der Waals surface area contributed by atoms with Gasteiger partial charge in [0.25, 0.3) is 0 Å². The Morgan fingerprint density at radius 1 is 1.39 bits per heavy atom. The average Bonchev–Trinajstić information content (AvgIpc) is 2.79. The number of hydrogen-bond donors (Lipinski definition) is 3. The van der Waals surface area contributed by atoms with Crippen LogP contribution in [0.1, 0.15) is 22.5 Å². The van der Waals surface area contributed by atoms with Crippen molar-refractivity contribution in [3.8, 4) is 0 Å². The normalized spacial score (nSPS) is 17.8. The Hall–Kier alpha value is -0.960. The minimum Gasteiger partial charge on any atom is -0.477 e. The molecule has 100 valence electrons. The van der Waals surface area contributed by atoms with E-state index >= 15 is 0 Å². The van der Waals surface area contributed by atoms with Crippen LogP contribution >= 0.6 is 11.3 Å². The fourth-order valence-corrected chi connectivity index (χ4v) is 4.26. The summed E-state index contributed by atoms with van der Waals surface area (Å²) in [5.41, 5.74) is 0. The molecule has 0 aromatic carbocycles. The molecule has 6 nitrogen and oxygen atoms in total. The number of aromatic carboxylic acids is 1. The second kappa shape index (κ2) is 5.35. The minimum atomic E-state index is -3.60. The molecule has 3 N–H and O–H groups in total. The van der Waals surface area contributed by atoms with Crippen molar-refractivity contribution < 1.29 is 18.3 Å². The van der Waals surface area contributed by atoms with Crippen molar-refractivity contribution in [2.45, 2.75) is 23.1 Å². The van der Waals surface area contributed by atoms with Crippen molar-refractivity contribution in [3.63, 3.8) is 0 Å². The van der Waals surface area contributed by atoms with Gasteiger partial charge in [0.1, 0.15) is 9.09 Å². The van der Waals surface area contributed by atoms with Gasteiger partial charge in [0.05, 0.1) is 0 Å². The highest BCUT2D eigenvalue weighted by Gasteiger charge is 2.23. The third-order valence-electron chi connectivity index (χ3n) is 2.72. The van der Waals surface area contributed by atoms with Crippen LogP contribution in [0, 0.1) is 0 Å². The average molecular weight is 290 g/mol. The van der Waals surface area contributed by atoms with E-state index in [0.717, 1.165) is 37.3 Å². The Kier molecular flexibility index (Phi) is 4.00. The van der Waals surface area contributed by atoms with Gasteiger partial charge in [-0.05, 0) is 38.1 Å². The monoisotopic (exact) mass is 290 g/mol. The first-order valence-electron chi connectivity index (χ1n) is 5.55. The molecule has 8 heteroatoms. The fraction of sp³-hybridized carbons (Fsp3) is 0.500. The first-order valence-corrected chi connectivity index (χ1v) is 7.85. The van der Waals surface area contributed by atoms with Gasteiger partial charge in [0.15, 0.2) is 0 Å². The molecule has 0 spiro atoms. The van der Waals surface area contributed by atoms with Crippen LogP contribution in [0.4, 0.5) is 0 Å². The van der Waals surface area contributed by atoms with Crippen LogP contribution in [0.2, 0.25) is 0 Å². The van der Waals surface area contributed by atoms with E-state index in [0.29, 0.717) is 0 Å². The van der Waals surface area contributed by atoms with E-state index in [4.69, 9.17) is 5.11 Å². The molecule has 1 aromatic rings.